The lowest BCUT2D eigenvalue weighted by Gasteiger charge is -2.25. The molecule has 1 unspecified atom stereocenters. The van der Waals surface area contributed by atoms with Gasteiger partial charge in [-0.25, -0.2) is 0 Å². The van der Waals surface area contributed by atoms with E-state index in [1.54, 1.807) is 25.1 Å². The lowest BCUT2D eigenvalue weighted by atomic mass is 10.0. The molecule has 0 saturated carbocycles. The van der Waals surface area contributed by atoms with Crippen LogP contribution in [0.2, 0.25) is 0 Å². The van der Waals surface area contributed by atoms with Gasteiger partial charge in [0.15, 0.2) is 5.78 Å². The summed E-state index contributed by atoms with van der Waals surface area (Å²) in [7, 11) is 0. The maximum atomic E-state index is 12.7. The largest absolute Gasteiger partial charge is 0.293 e. The van der Waals surface area contributed by atoms with Crippen molar-refractivity contribution in [2.24, 2.45) is 0 Å². The Bertz CT molecular complexity index is 605. The number of ketones is 1. The molecule has 1 saturated heterocycles. The minimum atomic E-state index is -3.13. The van der Waals surface area contributed by atoms with E-state index in [4.69, 9.17) is 11.0 Å². The van der Waals surface area contributed by atoms with Crippen molar-refractivity contribution < 1.29 is 15.8 Å². The molecule has 0 radical (unpaired) electrons. The first-order chi connectivity index (χ1) is 10.8. The standard InChI is InChI=1S/C14H19NO/c1-2-13(15-10-6-7-11-15)14(16)12-8-4-3-5-9-12/h3-5,8-9,13H,2,6-7,10-11H2,1H3/i6D2,7D2,10D2,11D2. The Labute approximate surface area is 109 Å². The number of hydrogen-bond donors (Lipinski definition) is 0. The van der Waals surface area contributed by atoms with Crippen LogP contribution in [0.25, 0.3) is 0 Å². The summed E-state index contributed by atoms with van der Waals surface area (Å²) >= 11 is 0. The number of rotatable bonds is 4. The van der Waals surface area contributed by atoms with Crippen LogP contribution in [0.5, 0.6) is 0 Å². The first-order valence-electron chi connectivity index (χ1n) is 9.22. The number of likely N-dealkylation sites (tertiary alicyclic amines) is 1. The third kappa shape index (κ3) is 2.33. The van der Waals surface area contributed by atoms with Crippen molar-refractivity contribution in [3.05, 3.63) is 35.9 Å². The van der Waals surface area contributed by atoms with Crippen molar-refractivity contribution in [1.29, 1.82) is 0 Å². The number of nitrogens with zero attached hydrogens (tertiary/aromatic N) is 1. The van der Waals surface area contributed by atoms with Gasteiger partial charge in [-0.2, -0.15) is 0 Å². The van der Waals surface area contributed by atoms with Crippen LogP contribution in [0.15, 0.2) is 30.3 Å². The number of carbonyl (C=O) groups is 1. The molecular formula is C14H19NO. The van der Waals surface area contributed by atoms with Crippen LogP contribution in [-0.4, -0.2) is 29.7 Å². The van der Waals surface area contributed by atoms with Gasteiger partial charge in [0, 0.05) is 16.5 Å². The summed E-state index contributed by atoms with van der Waals surface area (Å²) in [5, 5.41) is 0. The highest BCUT2D eigenvalue weighted by molar-refractivity contribution is 6.00. The summed E-state index contributed by atoms with van der Waals surface area (Å²) < 4.78 is 63.4. The van der Waals surface area contributed by atoms with E-state index in [1.807, 2.05) is 0 Å². The van der Waals surface area contributed by atoms with E-state index in [1.165, 1.54) is 12.1 Å². The van der Waals surface area contributed by atoms with Gasteiger partial charge in [-0.3, -0.25) is 9.69 Å². The molecule has 1 aliphatic rings. The van der Waals surface area contributed by atoms with Crippen molar-refractivity contribution >= 4 is 5.78 Å². The molecule has 1 aromatic rings. The van der Waals surface area contributed by atoms with Gasteiger partial charge in [0.1, 0.15) is 0 Å². The molecule has 1 aromatic carbocycles. The Balaban J connectivity index is 2.57. The molecule has 1 atom stereocenters. The smallest absolute Gasteiger partial charge is 0.179 e. The molecule has 2 heteroatoms. The third-order valence-electron chi connectivity index (χ3n) is 2.47. The van der Waals surface area contributed by atoms with Crippen LogP contribution in [-0.2, 0) is 0 Å². The summed E-state index contributed by atoms with van der Waals surface area (Å²) in [5.41, 5.74) is 0.240. The highest BCUT2D eigenvalue weighted by atomic mass is 16.1. The van der Waals surface area contributed by atoms with Crippen LogP contribution < -0.4 is 0 Å². The van der Waals surface area contributed by atoms with Gasteiger partial charge >= 0.3 is 0 Å². The predicted molar refractivity (Wildman–Crippen MR) is 65.7 cm³/mol. The Morgan fingerprint density at radius 1 is 1.38 bits per heavy atom. The normalized spacial score (nSPS) is 38.6. The number of hydrogen-bond acceptors (Lipinski definition) is 2. The highest BCUT2D eigenvalue weighted by Crippen LogP contribution is 2.17. The van der Waals surface area contributed by atoms with Gasteiger partial charge in [-0.1, -0.05) is 37.3 Å². The first-order valence-corrected chi connectivity index (χ1v) is 5.22. The van der Waals surface area contributed by atoms with Gasteiger partial charge in [-0.15, -0.1) is 0 Å². The van der Waals surface area contributed by atoms with Gasteiger partial charge in [0.2, 0.25) is 0 Å². The van der Waals surface area contributed by atoms with Crippen molar-refractivity contribution in [3.8, 4) is 0 Å². The molecule has 2 rings (SSSR count). The molecule has 16 heavy (non-hydrogen) atoms. The van der Waals surface area contributed by atoms with Gasteiger partial charge in [0.25, 0.3) is 0 Å². The van der Waals surface area contributed by atoms with Crippen molar-refractivity contribution in [1.82, 2.24) is 4.90 Å². The van der Waals surface area contributed by atoms with Crippen molar-refractivity contribution in [3.63, 3.8) is 0 Å². The molecule has 0 N–H and O–H groups in total. The van der Waals surface area contributed by atoms with Crippen LogP contribution in [0, 0.1) is 0 Å². The molecule has 0 bridgehead atoms. The fourth-order valence-corrected chi connectivity index (χ4v) is 1.64. The first kappa shape index (κ1) is 5.01. The minimum Gasteiger partial charge on any atom is -0.293 e. The fourth-order valence-electron chi connectivity index (χ4n) is 1.64. The monoisotopic (exact) mass is 225 g/mol. The molecule has 1 heterocycles. The Morgan fingerprint density at radius 3 is 2.56 bits per heavy atom. The van der Waals surface area contributed by atoms with Crippen LogP contribution in [0.4, 0.5) is 0 Å². The van der Waals surface area contributed by atoms with Crippen LogP contribution >= 0.6 is 0 Å². The van der Waals surface area contributed by atoms with Gasteiger partial charge < -0.3 is 0 Å². The van der Waals surface area contributed by atoms with E-state index in [-0.39, 0.29) is 12.0 Å². The second kappa shape index (κ2) is 5.26. The Hall–Kier alpha value is -1.15. The molecule has 0 aliphatic carbocycles. The van der Waals surface area contributed by atoms with E-state index >= 15 is 0 Å². The van der Waals surface area contributed by atoms with Gasteiger partial charge in [0.05, 0.1) is 6.04 Å². The summed E-state index contributed by atoms with van der Waals surface area (Å²) in [5.74, 6) is -0.570. The van der Waals surface area contributed by atoms with Crippen molar-refractivity contribution in [2.75, 3.05) is 13.0 Å². The summed E-state index contributed by atoms with van der Waals surface area (Å²) in [6.07, 6.45) is -6.25. The molecule has 86 valence electrons. The van der Waals surface area contributed by atoms with E-state index in [2.05, 4.69) is 0 Å². The lowest BCUT2D eigenvalue weighted by molar-refractivity contribution is 0.0844. The maximum Gasteiger partial charge on any atom is 0.179 e. The molecule has 0 aromatic heterocycles. The molecule has 0 spiro atoms. The molecular weight excluding hydrogens is 198 g/mol. The predicted octanol–water partition coefficient (Wildman–Crippen LogP) is 2.74. The molecule has 1 aliphatic heterocycles. The van der Waals surface area contributed by atoms with E-state index in [0.717, 1.165) is 0 Å². The van der Waals surface area contributed by atoms with Crippen molar-refractivity contribution in [2.45, 2.75) is 32.1 Å². The highest BCUT2D eigenvalue weighted by Gasteiger charge is 2.26. The number of benzene rings is 1. The summed E-state index contributed by atoms with van der Waals surface area (Å²) in [6.45, 7) is -4.43. The average molecular weight is 225 g/mol. The zero-order valence-corrected chi connectivity index (χ0v) is 9.03. The zero-order valence-electron chi connectivity index (χ0n) is 17.0. The van der Waals surface area contributed by atoms with Crippen LogP contribution in [0.1, 0.15) is 47.4 Å². The second-order valence-corrected chi connectivity index (χ2v) is 3.50. The maximum absolute atomic E-state index is 12.7. The van der Waals surface area contributed by atoms with Crippen LogP contribution in [0.3, 0.4) is 0 Å². The molecule has 0 amide bonds. The Kier molecular flexibility index (Phi) is 1.65. The topological polar surface area (TPSA) is 20.3 Å². The van der Waals surface area contributed by atoms with E-state index in [9.17, 15) is 4.79 Å². The second-order valence-electron chi connectivity index (χ2n) is 3.50. The quantitative estimate of drug-likeness (QED) is 0.734. The zero-order chi connectivity index (χ0) is 18.6. The molecule has 2 nitrogen and oxygen atoms in total. The van der Waals surface area contributed by atoms with E-state index < -0.39 is 37.6 Å². The molecule has 1 fully saturated rings. The average Bonchev–Trinajstić information content (AvgIpc) is 2.57. The minimum absolute atomic E-state index is 0.0128. The lowest BCUT2D eigenvalue weighted by Crippen LogP contribution is -2.38. The summed E-state index contributed by atoms with van der Waals surface area (Å²) in [6, 6.07) is 6.62. The Morgan fingerprint density at radius 2 is 2.00 bits per heavy atom. The SMILES string of the molecule is [2H]C1([2H])N(C(CC)C(=O)c2ccccc2)C([2H])([2H])C([2H])([2H])C1([2H])[2H]. The summed E-state index contributed by atoms with van der Waals surface area (Å²) in [4.78, 5) is 13.2. The fraction of sp³-hybridized carbons (Fsp3) is 0.500. The van der Waals surface area contributed by atoms with E-state index in [0.29, 0.717) is 4.90 Å². The number of Topliss-reactive ketones (excluding diaryl/α,β-unsaturated/α-hetero) is 1. The third-order valence-corrected chi connectivity index (χ3v) is 2.47. The van der Waals surface area contributed by atoms with Gasteiger partial charge in [-0.05, 0) is 32.2 Å². The number of carbonyl (C=O) groups excluding carboxylic acids is 1.